The van der Waals surface area contributed by atoms with E-state index in [-0.39, 0.29) is 5.95 Å². The molecule has 0 amide bonds. The van der Waals surface area contributed by atoms with Crippen LogP contribution < -0.4 is 5.73 Å². The molecule has 0 unspecified atom stereocenters. The van der Waals surface area contributed by atoms with Crippen LogP contribution in [-0.2, 0) is 0 Å². The number of hydrogen-bond donors (Lipinski definition) is 1. The van der Waals surface area contributed by atoms with Crippen molar-refractivity contribution in [3.63, 3.8) is 0 Å². The second kappa shape index (κ2) is 3.41. The molecular weight excluding hydrogens is 176 g/mol. The van der Waals surface area contributed by atoms with Crippen molar-refractivity contribution in [2.45, 2.75) is 6.92 Å². The summed E-state index contributed by atoms with van der Waals surface area (Å²) in [5, 5.41) is 0. The molecule has 14 heavy (non-hydrogen) atoms. The van der Waals surface area contributed by atoms with E-state index in [1.165, 1.54) is 6.33 Å². The number of nitrogens with zero attached hydrogens (tertiary/aromatic N) is 3. The zero-order chi connectivity index (χ0) is 9.97. The maximum absolute atomic E-state index is 5.48. The molecule has 2 rings (SSSR count). The van der Waals surface area contributed by atoms with Crippen LogP contribution >= 0.6 is 0 Å². The topological polar surface area (TPSA) is 64.7 Å². The molecular formula is C10H10N4. The Morgan fingerprint density at radius 1 is 1.14 bits per heavy atom. The van der Waals surface area contributed by atoms with Gasteiger partial charge in [-0.2, -0.15) is 4.98 Å². The number of benzene rings is 1. The lowest BCUT2D eigenvalue weighted by atomic mass is 10.1. The minimum absolute atomic E-state index is 0.248. The number of hydrogen-bond acceptors (Lipinski definition) is 4. The van der Waals surface area contributed by atoms with E-state index in [0.29, 0.717) is 5.82 Å². The second-order valence-electron chi connectivity index (χ2n) is 2.98. The van der Waals surface area contributed by atoms with Crippen molar-refractivity contribution < 1.29 is 0 Å². The van der Waals surface area contributed by atoms with Gasteiger partial charge in [0, 0.05) is 5.56 Å². The molecule has 0 aliphatic heterocycles. The first-order chi connectivity index (χ1) is 6.77. The number of aryl methyl sites for hydroxylation is 1. The molecule has 1 heterocycles. The first kappa shape index (κ1) is 8.62. The monoisotopic (exact) mass is 186 g/mol. The van der Waals surface area contributed by atoms with E-state index < -0.39 is 0 Å². The largest absolute Gasteiger partial charge is 0.368 e. The maximum atomic E-state index is 5.48. The van der Waals surface area contributed by atoms with E-state index in [1.54, 1.807) is 0 Å². The molecule has 0 atom stereocenters. The summed E-state index contributed by atoms with van der Waals surface area (Å²) in [7, 11) is 0. The van der Waals surface area contributed by atoms with Crippen molar-refractivity contribution in [1.82, 2.24) is 15.0 Å². The summed E-state index contributed by atoms with van der Waals surface area (Å²) in [5.74, 6) is 0.869. The van der Waals surface area contributed by atoms with Crippen LogP contribution in [0.2, 0.25) is 0 Å². The Morgan fingerprint density at radius 2 is 1.93 bits per heavy atom. The van der Waals surface area contributed by atoms with E-state index in [0.717, 1.165) is 11.1 Å². The van der Waals surface area contributed by atoms with Gasteiger partial charge >= 0.3 is 0 Å². The van der Waals surface area contributed by atoms with Crippen LogP contribution in [0.3, 0.4) is 0 Å². The molecule has 1 aromatic carbocycles. The summed E-state index contributed by atoms with van der Waals surface area (Å²) in [6, 6.07) is 7.89. The Balaban J connectivity index is 2.55. The van der Waals surface area contributed by atoms with Crippen molar-refractivity contribution >= 4 is 5.95 Å². The highest BCUT2D eigenvalue weighted by Crippen LogP contribution is 2.18. The Bertz CT molecular complexity index is 453. The van der Waals surface area contributed by atoms with Gasteiger partial charge < -0.3 is 5.73 Å². The molecule has 0 fully saturated rings. The number of nitrogen functional groups attached to an aromatic ring is 1. The van der Waals surface area contributed by atoms with Gasteiger partial charge in [0.2, 0.25) is 5.95 Å². The van der Waals surface area contributed by atoms with Gasteiger partial charge in [0.1, 0.15) is 6.33 Å². The van der Waals surface area contributed by atoms with Crippen LogP contribution in [-0.4, -0.2) is 15.0 Å². The lowest BCUT2D eigenvalue weighted by molar-refractivity contribution is 1.07. The van der Waals surface area contributed by atoms with Crippen LogP contribution in [0.1, 0.15) is 5.56 Å². The van der Waals surface area contributed by atoms with E-state index >= 15 is 0 Å². The minimum atomic E-state index is 0.248. The Morgan fingerprint density at radius 3 is 2.64 bits per heavy atom. The molecule has 0 aliphatic carbocycles. The van der Waals surface area contributed by atoms with Gasteiger partial charge in [-0.05, 0) is 12.5 Å². The van der Waals surface area contributed by atoms with Crippen molar-refractivity contribution in [3.05, 3.63) is 36.2 Å². The normalized spacial score (nSPS) is 10.1. The number of nitrogens with two attached hydrogens (primary N) is 1. The predicted molar refractivity (Wildman–Crippen MR) is 54.4 cm³/mol. The highest BCUT2D eigenvalue weighted by atomic mass is 15.1. The highest BCUT2D eigenvalue weighted by Gasteiger charge is 2.03. The first-order valence-electron chi connectivity index (χ1n) is 4.28. The molecule has 4 heteroatoms. The zero-order valence-electron chi connectivity index (χ0n) is 7.81. The fraction of sp³-hybridized carbons (Fsp3) is 0.100. The summed E-state index contributed by atoms with van der Waals surface area (Å²) in [5.41, 5.74) is 7.59. The van der Waals surface area contributed by atoms with Gasteiger partial charge in [0.15, 0.2) is 5.82 Å². The van der Waals surface area contributed by atoms with E-state index in [1.807, 2.05) is 31.2 Å². The van der Waals surface area contributed by atoms with Crippen LogP contribution in [0.5, 0.6) is 0 Å². The molecule has 0 radical (unpaired) electrons. The molecule has 1 aromatic heterocycles. The van der Waals surface area contributed by atoms with E-state index in [4.69, 9.17) is 5.73 Å². The van der Waals surface area contributed by atoms with E-state index in [2.05, 4.69) is 15.0 Å². The molecule has 2 N–H and O–H groups in total. The maximum Gasteiger partial charge on any atom is 0.223 e. The molecule has 0 bridgehead atoms. The SMILES string of the molecule is Cc1ccccc1-c1ncnc(N)n1. The molecule has 0 spiro atoms. The predicted octanol–water partition coefficient (Wildman–Crippen LogP) is 1.43. The molecule has 4 nitrogen and oxygen atoms in total. The summed E-state index contributed by atoms with van der Waals surface area (Å²) in [6.07, 6.45) is 1.42. The van der Waals surface area contributed by atoms with Crippen LogP contribution in [0.4, 0.5) is 5.95 Å². The van der Waals surface area contributed by atoms with Gasteiger partial charge in [-0.25, -0.2) is 9.97 Å². The molecule has 70 valence electrons. The first-order valence-corrected chi connectivity index (χ1v) is 4.28. The summed E-state index contributed by atoms with van der Waals surface area (Å²) >= 11 is 0. The molecule has 2 aromatic rings. The van der Waals surface area contributed by atoms with Crippen LogP contribution in [0, 0.1) is 6.92 Å². The van der Waals surface area contributed by atoms with Crippen molar-refractivity contribution in [3.8, 4) is 11.4 Å². The van der Waals surface area contributed by atoms with Gasteiger partial charge in [-0.15, -0.1) is 0 Å². The average Bonchev–Trinajstić information content (AvgIpc) is 2.18. The van der Waals surface area contributed by atoms with Crippen molar-refractivity contribution in [1.29, 1.82) is 0 Å². The van der Waals surface area contributed by atoms with Crippen LogP contribution in [0.25, 0.3) is 11.4 Å². The smallest absolute Gasteiger partial charge is 0.223 e. The third kappa shape index (κ3) is 1.54. The minimum Gasteiger partial charge on any atom is -0.368 e. The fourth-order valence-electron chi connectivity index (χ4n) is 1.26. The molecule has 0 aliphatic rings. The molecule has 0 saturated heterocycles. The third-order valence-corrected chi connectivity index (χ3v) is 1.98. The standard InChI is InChI=1S/C10H10N4/c1-7-4-2-3-5-8(7)9-12-6-13-10(11)14-9/h2-6H,1H3,(H2,11,12,13,14). The quantitative estimate of drug-likeness (QED) is 0.731. The van der Waals surface area contributed by atoms with Gasteiger partial charge in [-0.3, -0.25) is 0 Å². The van der Waals surface area contributed by atoms with Crippen LogP contribution in [0.15, 0.2) is 30.6 Å². The Kier molecular flexibility index (Phi) is 2.10. The third-order valence-electron chi connectivity index (χ3n) is 1.98. The Labute approximate surface area is 81.9 Å². The summed E-state index contributed by atoms with van der Waals surface area (Å²) in [4.78, 5) is 11.9. The van der Waals surface area contributed by atoms with Crippen molar-refractivity contribution in [2.24, 2.45) is 0 Å². The molecule has 0 saturated carbocycles. The summed E-state index contributed by atoms with van der Waals surface area (Å²) < 4.78 is 0. The van der Waals surface area contributed by atoms with E-state index in [9.17, 15) is 0 Å². The fourth-order valence-corrected chi connectivity index (χ4v) is 1.26. The lowest BCUT2D eigenvalue weighted by Gasteiger charge is -2.02. The Hall–Kier alpha value is -1.97. The summed E-state index contributed by atoms with van der Waals surface area (Å²) in [6.45, 7) is 2.01. The highest BCUT2D eigenvalue weighted by molar-refractivity contribution is 5.59. The van der Waals surface area contributed by atoms with Gasteiger partial charge in [0.25, 0.3) is 0 Å². The number of rotatable bonds is 1. The number of aromatic nitrogens is 3. The van der Waals surface area contributed by atoms with Gasteiger partial charge in [0.05, 0.1) is 0 Å². The lowest BCUT2D eigenvalue weighted by Crippen LogP contribution is -1.98. The van der Waals surface area contributed by atoms with Crippen molar-refractivity contribution in [2.75, 3.05) is 5.73 Å². The second-order valence-corrected chi connectivity index (χ2v) is 2.98. The zero-order valence-corrected chi connectivity index (χ0v) is 7.81. The van der Waals surface area contributed by atoms with Gasteiger partial charge in [-0.1, -0.05) is 24.3 Å². The average molecular weight is 186 g/mol. The number of anilines is 1.